The maximum absolute atomic E-state index is 6.16. The van der Waals surface area contributed by atoms with Crippen LogP contribution in [0.2, 0.25) is 0 Å². The van der Waals surface area contributed by atoms with E-state index in [2.05, 4.69) is 29.2 Å². The first-order valence-electron chi connectivity index (χ1n) is 9.02. The number of epoxide rings is 1. The molecular weight excluding hydrogens is 272 g/mol. The lowest BCUT2D eigenvalue weighted by Crippen LogP contribution is -2.63. The second-order valence-corrected chi connectivity index (χ2v) is 7.68. The van der Waals surface area contributed by atoms with Crippen LogP contribution in [0, 0.1) is 5.92 Å². The number of nitrogens with zero attached hydrogens (tertiary/aromatic N) is 1. The predicted molar refractivity (Wildman–Crippen MR) is 86.9 cm³/mol. The number of piperidine rings is 1. The number of hydrogen-bond donors (Lipinski definition) is 1. The Balaban J connectivity index is 1.59. The molecular formula is C19H26N2O. The van der Waals surface area contributed by atoms with Crippen molar-refractivity contribution in [2.24, 2.45) is 11.7 Å². The molecule has 0 amide bonds. The third-order valence-corrected chi connectivity index (χ3v) is 6.86. The van der Waals surface area contributed by atoms with Crippen LogP contribution < -0.4 is 5.73 Å². The van der Waals surface area contributed by atoms with Crippen LogP contribution in [0.1, 0.15) is 36.8 Å². The number of nitrogens with two attached hydrogens (primary N) is 1. The Hall–Kier alpha value is -0.900. The highest BCUT2D eigenvalue weighted by atomic mass is 16.6. The van der Waals surface area contributed by atoms with Crippen molar-refractivity contribution in [3.63, 3.8) is 0 Å². The summed E-state index contributed by atoms with van der Waals surface area (Å²) in [6, 6.07) is 9.92. The third kappa shape index (κ3) is 1.68. The molecule has 2 aliphatic carbocycles. The number of rotatable bonds is 3. The van der Waals surface area contributed by atoms with Crippen molar-refractivity contribution >= 4 is 0 Å². The molecule has 5 atom stereocenters. The van der Waals surface area contributed by atoms with E-state index in [4.69, 9.17) is 10.5 Å². The highest BCUT2D eigenvalue weighted by molar-refractivity contribution is 5.44. The summed E-state index contributed by atoms with van der Waals surface area (Å²) in [7, 11) is 0. The molecule has 2 saturated heterocycles. The molecule has 3 heteroatoms. The Bertz CT molecular complexity index is 589. The lowest BCUT2D eigenvalue weighted by atomic mass is 9.52. The van der Waals surface area contributed by atoms with E-state index in [1.54, 1.807) is 11.1 Å². The average molecular weight is 298 g/mol. The van der Waals surface area contributed by atoms with Gasteiger partial charge in [-0.2, -0.15) is 0 Å². The van der Waals surface area contributed by atoms with Crippen molar-refractivity contribution < 1.29 is 4.74 Å². The van der Waals surface area contributed by atoms with E-state index in [-0.39, 0.29) is 0 Å². The lowest BCUT2D eigenvalue weighted by molar-refractivity contribution is -0.00830. The zero-order chi connectivity index (χ0) is 14.7. The van der Waals surface area contributed by atoms with Gasteiger partial charge in [-0.05, 0) is 68.8 Å². The molecule has 0 spiro atoms. The molecule has 2 unspecified atom stereocenters. The summed E-state index contributed by atoms with van der Waals surface area (Å²) in [6.45, 7) is 3.20. The molecule has 2 heterocycles. The van der Waals surface area contributed by atoms with E-state index in [0.717, 1.165) is 18.9 Å². The summed E-state index contributed by atoms with van der Waals surface area (Å²) in [5, 5.41) is 0. The molecule has 1 aromatic rings. The third-order valence-electron chi connectivity index (χ3n) is 6.86. The average Bonchev–Trinajstić information content (AvgIpc) is 3.34. The zero-order valence-corrected chi connectivity index (χ0v) is 13.2. The van der Waals surface area contributed by atoms with Crippen LogP contribution >= 0.6 is 0 Å². The van der Waals surface area contributed by atoms with Crippen molar-refractivity contribution in [2.75, 3.05) is 19.6 Å². The fourth-order valence-corrected chi connectivity index (χ4v) is 5.95. The first-order valence-corrected chi connectivity index (χ1v) is 9.02. The van der Waals surface area contributed by atoms with Gasteiger partial charge < -0.3 is 10.5 Å². The van der Waals surface area contributed by atoms with E-state index >= 15 is 0 Å². The summed E-state index contributed by atoms with van der Waals surface area (Å²) >= 11 is 0. The molecule has 5 rings (SSSR count). The van der Waals surface area contributed by atoms with Crippen LogP contribution in [0.15, 0.2) is 24.3 Å². The van der Waals surface area contributed by atoms with Gasteiger partial charge in [0.05, 0.1) is 12.2 Å². The van der Waals surface area contributed by atoms with Gasteiger partial charge in [-0.3, -0.25) is 4.90 Å². The van der Waals surface area contributed by atoms with Crippen LogP contribution in [-0.4, -0.2) is 42.8 Å². The smallest absolute Gasteiger partial charge is 0.0942 e. The Labute approximate surface area is 132 Å². The molecule has 4 aliphatic rings. The van der Waals surface area contributed by atoms with Gasteiger partial charge in [0.2, 0.25) is 0 Å². The van der Waals surface area contributed by atoms with Gasteiger partial charge in [-0.1, -0.05) is 24.3 Å². The molecule has 3 fully saturated rings. The van der Waals surface area contributed by atoms with Crippen molar-refractivity contribution in [3.05, 3.63) is 35.4 Å². The Morgan fingerprint density at radius 1 is 1.27 bits per heavy atom. The number of ether oxygens (including phenoxy) is 1. The molecule has 1 saturated carbocycles. The first kappa shape index (κ1) is 13.5. The van der Waals surface area contributed by atoms with Gasteiger partial charge in [-0.15, -0.1) is 0 Å². The molecule has 22 heavy (non-hydrogen) atoms. The molecule has 118 valence electrons. The summed E-state index contributed by atoms with van der Waals surface area (Å²) < 4.78 is 6.16. The fraction of sp³-hybridized carbons (Fsp3) is 0.684. The maximum Gasteiger partial charge on any atom is 0.0942 e. The normalized spacial score (nSPS) is 42.2. The van der Waals surface area contributed by atoms with Crippen molar-refractivity contribution in [1.82, 2.24) is 4.90 Å². The van der Waals surface area contributed by atoms with E-state index in [9.17, 15) is 0 Å². The molecule has 0 aromatic heterocycles. The van der Waals surface area contributed by atoms with E-state index < -0.39 is 0 Å². The fourth-order valence-electron chi connectivity index (χ4n) is 5.95. The second-order valence-electron chi connectivity index (χ2n) is 7.68. The maximum atomic E-state index is 6.16. The largest absolute Gasteiger partial charge is 0.369 e. The molecule has 2 N–H and O–H groups in total. The number of benzene rings is 1. The second kappa shape index (κ2) is 4.80. The van der Waals surface area contributed by atoms with Gasteiger partial charge in [0.15, 0.2) is 0 Å². The summed E-state index contributed by atoms with van der Waals surface area (Å²) in [5.74, 6) is 0.790. The quantitative estimate of drug-likeness (QED) is 0.869. The van der Waals surface area contributed by atoms with Crippen LogP contribution in [0.25, 0.3) is 0 Å². The van der Waals surface area contributed by atoms with Crippen molar-refractivity contribution in [1.29, 1.82) is 0 Å². The highest BCUT2D eigenvalue weighted by Gasteiger charge is 2.66. The van der Waals surface area contributed by atoms with Gasteiger partial charge in [0.1, 0.15) is 0 Å². The van der Waals surface area contributed by atoms with E-state index in [1.807, 2.05) is 0 Å². The molecule has 2 aliphatic heterocycles. The molecule has 0 radical (unpaired) electrons. The van der Waals surface area contributed by atoms with Gasteiger partial charge in [0.25, 0.3) is 0 Å². The first-order chi connectivity index (χ1) is 10.8. The lowest BCUT2D eigenvalue weighted by Gasteiger charge is -2.58. The topological polar surface area (TPSA) is 41.8 Å². The van der Waals surface area contributed by atoms with Gasteiger partial charge in [0, 0.05) is 11.5 Å². The minimum Gasteiger partial charge on any atom is -0.369 e. The van der Waals surface area contributed by atoms with Crippen LogP contribution in [0.4, 0.5) is 0 Å². The SMILES string of the molecule is NCCCN1CC[C@@]23c4ccccc4C[C@@H]1[C@@H]2CCC1OC13. The number of fused-ring (bicyclic) bond motifs is 2. The summed E-state index contributed by atoms with van der Waals surface area (Å²) in [4.78, 5) is 2.74. The van der Waals surface area contributed by atoms with Gasteiger partial charge in [-0.25, -0.2) is 0 Å². The van der Waals surface area contributed by atoms with Crippen molar-refractivity contribution in [2.45, 2.75) is 55.8 Å². The van der Waals surface area contributed by atoms with Gasteiger partial charge >= 0.3 is 0 Å². The van der Waals surface area contributed by atoms with Crippen LogP contribution in [0.5, 0.6) is 0 Å². The van der Waals surface area contributed by atoms with E-state index in [0.29, 0.717) is 23.7 Å². The van der Waals surface area contributed by atoms with Crippen molar-refractivity contribution in [3.8, 4) is 0 Å². The zero-order valence-electron chi connectivity index (χ0n) is 13.2. The molecule has 2 bridgehead atoms. The predicted octanol–water partition coefficient (Wildman–Crippen LogP) is 2.08. The summed E-state index contributed by atoms with van der Waals surface area (Å²) in [6.07, 6.45) is 7.31. The number of likely N-dealkylation sites (tertiary alicyclic amines) is 1. The standard InChI is InChI=1S/C19H26N2O/c20-9-3-10-21-11-8-19-14-5-2-1-4-13(14)12-16(21)15(19)6-7-17-18(19)22-17/h1-2,4-5,15-18H,3,6-12,20H2/t15-,16+,17?,18?,19+/m0/s1. The van der Waals surface area contributed by atoms with Crippen LogP contribution in [0.3, 0.4) is 0 Å². The number of hydrogen-bond acceptors (Lipinski definition) is 3. The highest BCUT2D eigenvalue weighted by Crippen LogP contribution is 2.61. The van der Waals surface area contributed by atoms with Crippen LogP contribution in [-0.2, 0) is 16.6 Å². The molecule has 1 aromatic carbocycles. The minimum absolute atomic E-state index is 0.321. The Morgan fingerprint density at radius 2 is 2.18 bits per heavy atom. The Kier molecular flexibility index (Phi) is 2.95. The minimum atomic E-state index is 0.321. The molecule has 3 nitrogen and oxygen atoms in total. The summed E-state index contributed by atoms with van der Waals surface area (Å²) in [5.41, 5.74) is 9.29. The van der Waals surface area contributed by atoms with E-state index in [1.165, 1.54) is 38.8 Å². The monoisotopic (exact) mass is 298 g/mol. The Morgan fingerprint density at radius 3 is 3.09 bits per heavy atom.